The summed E-state index contributed by atoms with van der Waals surface area (Å²) in [5, 5.41) is 6.77. The molecule has 0 spiro atoms. The standard InChI is InChI=1S/C21H21ClN4O/c1-15-5-7-17(8-6-15)12-26-21(27)19-13-25-20(14-24-19)23-10-9-16-3-2-4-18(22)11-16/h2-8,11,13-14H,9-10,12H2,1H3,(H,23,25)(H,26,27). The second kappa shape index (κ2) is 9.14. The van der Waals surface area contributed by atoms with Crippen LogP contribution in [0.4, 0.5) is 5.82 Å². The summed E-state index contributed by atoms with van der Waals surface area (Å²) in [5.41, 5.74) is 3.67. The molecule has 0 radical (unpaired) electrons. The van der Waals surface area contributed by atoms with Gasteiger partial charge in [-0.2, -0.15) is 0 Å². The number of carbonyl (C=O) groups is 1. The number of nitrogens with one attached hydrogen (secondary N) is 2. The van der Waals surface area contributed by atoms with Crippen molar-refractivity contribution in [1.82, 2.24) is 15.3 Å². The van der Waals surface area contributed by atoms with Gasteiger partial charge in [-0.1, -0.05) is 53.6 Å². The second-order valence-electron chi connectivity index (χ2n) is 6.26. The van der Waals surface area contributed by atoms with E-state index in [-0.39, 0.29) is 5.91 Å². The monoisotopic (exact) mass is 380 g/mol. The number of benzene rings is 2. The third kappa shape index (κ3) is 5.79. The molecule has 0 unspecified atom stereocenters. The molecular formula is C21H21ClN4O. The lowest BCUT2D eigenvalue weighted by atomic mass is 10.1. The van der Waals surface area contributed by atoms with Crippen LogP contribution in [0.15, 0.2) is 60.9 Å². The molecule has 3 rings (SSSR count). The van der Waals surface area contributed by atoms with Crippen LogP contribution in [0.2, 0.25) is 5.02 Å². The van der Waals surface area contributed by atoms with Crippen LogP contribution < -0.4 is 10.6 Å². The summed E-state index contributed by atoms with van der Waals surface area (Å²) in [5.74, 6) is 0.390. The minimum Gasteiger partial charge on any atom is -0.368 e. The van der Waals surface area contributed by atoms with E-state index in [9.17, 15) is 4.79 Å². The number of aryl methyl sites for hydroxylation is 1. The van der Waals surface area contributed by atoms with Gasteiger partial charge in [0, 0.05) is 18.1 Å². The Bertz CT molecular complexity index is 895. The van der Waals surface area contributed by atoms with Crippen LogP contribution in [0.25, 0.3) is 0 Å². The van der Waals surface area contributed by atoms with E-state index in [1.165, 1.54) is 11.8 Å². The molecular weight excluding hydrogens is 360 g/mol. The van der Waals surface area contributed by atoms with Crippen molar-refractivity contribution in [2.45, 2.75) is 19.9 Å². The number of rotatable bonds is 7. The first-order valence-electron chi connectivity index (χ1n) is 8.74. The average molecular weight is 381 g/mol. The van der Waals surface area contributed by atoms with Gasteiger partial charge >= 0.3 is 0 Å². The molecule has 0 fully saturated rings. The molecule has 27 heavy (non-hydrogen) atoms. The Morgan fingerprint density at radius 2 is 1.85 bits per heavy atom. The average Bonchev–Trinajstić information content (AvgIpc) is 2.68. The zero-order valence-electron chi connectivity index (χ0n) is 15.1. The van der Waals surface area contributed by atoms with E-state index in [1.807, 2.05) is 55.5 Å². The molecule has 2 N–H and O–H groups in total. The van der Waals surface area contributed by atoms with E-state index in [2.05, 4.69) is 20.6 Å². The van der Waals surface area contributed by atoms with Crippen LogP contribution >= 0.6 is 11.6 Å². The molecule has 5 nitrogen and oxygen atoms in total. The van der Waals surface area contributed by atoms with Gasteiger partial charge in [0.25, 0.3) is 5.91 Å². The Morgan fingerprint density at radius 1 is 1.04 bits per heavy atom. The van der Waals surface area contributed by atoms with Gasteiger partial charge in [0.2, 0.25) is 0 Å². The van der Waals surface area contributed by atoms with Gasteiger partial charge in [-0.05, 0) is 36.6 Å². The first-order valence-corrected chi connectivity index (χ1v) is 9.12. The molecule has 138 valence electrons. The highest BCUT2D eigenvalue weighted by molar-refractivity contribution is 6.30. The van der Waals surface area contributed by atoms with Gasteiger partial charge in [0.1, 0.15) is 11.5 Å². The Hall–Kier alpha value is -2.92. The van der Waals surface area contributed by atoms with E-state index in [1.54, 1.807) is 6.20 Å². The third-order valence-electron chi connectivity index (χ3n) is 4.07. The molecule has 3 aromatic rings. The fourth-order valence-electron chi connectivity index (χ4n) is 2.54. The van der Waals surface area contributed by atoms with Crippen LogP contribution in [0.3, 0.4) is 0 Å². The highest BCUT2D eigenvalue weighted by Gasteiger charge is 2.07. The number of nitrogens with zero attached hydrogens (tertiary/aromatic N) is 2. The maximum atomic E-state index is 12.2. The predicted octanol–water partition coefficient (Wildman–Crippen LogP) is 4.02. The predicted molar refractivity (Wildman–Crippen MR) is 108 cm³/mol. The van der Waals surface area contributed by atoms with Gasteiger partial charge in [0.05, 0.1) is 12.4 Å². The fraction of sp³-hybridized carbons (Fsp3) is 0.190. The molecule has 1 heterocycles. The molecule has 0 bridgehead atoms. The Morgan fingerprint density at radius 3 is 2.56 bits per heavy atom. The summed E-state index contributed by atoms with van der Waals surface area (Å²) in [4.78, 5) is 20.6. The molecule has 0 aliphatic rings. The summed E-state index contributed by atoms with van der Waals surface area (Å²) < 4.78 is 0. The second-order valence-corrected chi connectivity index (χ2v) is 6.70. The topological polar surface area (TPSA) is 66.9 Å². The summed E-state index contributed by atoms with van der Waals surface area (Å²) in [6.45, 7) is 3.19. The molecule has 0 atom stereocenters. The maximum Gasteiger partial charge on any atom is 0.271 e. The van der Waals surface area contributed by atoms with Gasteiger partial charge in [0.15, 0.2) is 0 Å². The van der Waals surface area contributed by atoms with Crippen LogP contribution in [0, 0.1) is 6.92 Å². The van der Waals surface area contributed by atoms with Gasteiger partial charge in [-0.25, -0.2) is 9.97 Å². The Balaban J connectivity index is 1.47. The Kier molecular flexibility index (Phi) is 6.39. The summed E-state index contributed by atoms with van der Waals surface area (Å²) >= 11 is 5.98. The number of hydrogen-bond donors (Lipinski definition) is 2. The van der Waals surface area contributed by atoms with E-state index in [0.29, 0.717) is 24.6 Å². The Labute approximate surface area is 163 Å². The van der Waals surface area contributed by atoms with E-state index >= 15 is 0 Å². The summed E-state index contributed by atoms with van der Waals surface area (Å²) in [6.07, 6.45) is 3.87. The van der Waals surface area contributed by atoms with Gasteiger partial charge in [-0.3, -0.25) is 4.79 Å². The normalized spacial score (nSPS) is 10.4. The fourth-order valence-corrected chi connectivity index (χ4v) is 2.76. The van der Waals surface area contributed by atoms with Crippen molar-refractivity contribution >= 4 is 23.3 Å². The SMILES string of the molecule is Cc1ccc(CNC(=O)c2cnc(NCCc3cccc(Cl)c3)cn2)cc1. The number of aromatic nitrogens is 2. The molecule has 0 saturated heterocycles. The first-order chi connectivity index (χ1) is 13.1. The lowest BCUT2D eigenvalue weighted by Crippen LogP contribution is -2.24. The first kappa shape index (κ1) is 18.9. The molecule has 6 heteroatoms. The molecule has 0 aliphatic heterocycles. The molecule has 0 aliphatic carbocycles. The third-order valence-corrected chi connectivity index (χ3v) is 4.30. The maximum absolute atomic E-state index is 12.2. The van der Waals surface area contributed by atoms with E-state index < -0.39 is 0 Å². The highest BCUT2D eigenvalue weighted by atomic mass is 35.5. The number of carbonyl (C=O) groups excluding carboxylic acids is 1. The van der Waals surface area contributed by atoms with Crippen molar-refractivity contribution in [1.29, 1.82) is 0 Å². The smallest absolute Gasteiger partial charge is 0.271 e. The number of anilines is 1. The van der Waals surface area contributed by atoms with Gasteiger partial charge < -0.3 is 10.6 Å². The van der Waals surface area contributed by atoms with Crippen molar-refractivity contribution in [2.24, 2.45) is 0 Å². The number of hydrogen-bond acceptors (Lipinski definition) is 4. The van der Waals surface area contributed by atoms with Crippen molar-refractivity contribution < 1.29 is 4.79 Å². The van der Waals surface area contributed by atoms with Crippen molar-refractivity contribution in [3.63, 3.8) is 0 Å². The van der Waals surface area contributed by atoms with Crippen molar-refractivity contribution in [3.05, 3.63) is 88.3 Å². The summed E-state index contributed by atoms with van der Waals surface area (Å²) in [6, 6.07) is 15.8. The molecule has 1 aromatic heterocycles. The lowest BCUT2D eigenvalue weighted by molar-refractivity contribution is 0.0945. The van der Waals surface area contributed by atoms with Crippen LogP contribution in [-0.2, 0) is 13.0 Å². The number of halogens is 1. The molecule has 2 aromatic carbocycles. The van der Waals surface area contributed by atoms with Crippen molar-refractivity contribution in [3.8, 4) is 0 Å². The van der Waals surface area contributed by atoms with E-state index in [0.717, 1.165) is 22.6 Å². The summed E-state index contributed by atoms with van der Waals surface area (Å²) in [7, 11) is 0. The molecule has 1 amide bonds. The minimum absolute atomic E-state index is 0.242. The van der Waals surface area contributed by atoms with Crippen LogP contribution in [0.1, 0.15) is 27.2 Å². The quantitative estimate of drug-likeness (QED) is 0.649. The zero-order chi connectivity index (χ0) is 19.1. The van der Waals surface area contributed by atoms with Crippen LogP contribution in [0.5, 0.6) is 0 Å². The number of amides is 1. The lowest BCUT2D eigenvalue weighted by Gasteiger charge is -2.07. The highest BCUT2D eigenvalue weighted by Crippen LogP contribution is 2.11. The van der Waals surface area contributed by atoms with Gasteiger partial charge in [-0.15, -0.1) is 0 Å². The minimum atomic E-state index is -0.242. The van der Waals surface area contributed by atoms with Crippen LogP contribution in [-0.4, -0.2) is 22.4 Å². The zero-order valence-corrected chi connectivity index (χ0v) is 15.8. The largest absolute Gasteiger partial charge is 0.368 e. The van der Waals surface area contributed by atoms with Crippen molar-refractivity contribution in [2.75, 3.05) is 11.9 Å². The molecule has 0 saturated carbocycles. The van der Waals surface area contributed by atoms with E-state index in [4.69, 9.17) is 11.6 Å².